The van der Waals surface area contributed by atoms with Crippen LogP contribution in [0.4, 0.5) is 4.79 Å². The van der Waals surface area contributed by atoms with Gasteiger partial charge in [0.2, 0.25) is 0 Å². The average Bonchev–Trinajstić information content (AvgIpc) is 2.74. The number of nitrogens with one attached hydrogen (secondary N) is 4. The molecule has 0 bridgehead atoms. The quantitative estimate of drug-likeness (QED) is 0.171. The lowest BCUT2D eigenvalue weighted by Crippen LogP contribution is -2.33. The zero-order valence-corrected chi connectivity index (χ0v) is 21.1. The van der Waals surface area contributed by atoms with E-state index in [1.165, 1.54) is 12.1 Å². The summed E-state index contributed by atoms with van der Waals surface area (Å²) in [5, 5.41) is 20.7. The molecule has 3 amide bonds. The number of ether oxygens (including phenoxy) is 1. The highest BCUT2D eigenvalue weighted by Gasteiger charge is 2.18. The van der Waals surface area contributed by atoms with E-state index in [0.717, 1.165) is 19.3 Å². The van der Waals surface area contributed by atoms with E-state index < -0.39 is 23.5 Å². The second-order valence-electron chi connectivity index (χ2n) is 8.13. The van der Waals surface area contributed by atoms with Crippen LogP contribution in [0.25, 0.3) is 0 Å². The maximum absolute atomic E-state index is 12.4. The molecule has 0 spiro atoms. The number of amides is 3. The van der Waals surface area contributed by atoms with Gasteiger partial charge in [-0.05, 0) is 68.1 Å². The Labute approximate surface area is 203 Å². The summed E-state index contributed by atoms with van der Waals surface area (Å²) < 4.78 is 5.44. The number of hydrogen-bond acceptors (Lipinski definition) is 6. The topological polar surface area (TPSA) is 129 Å². The minimum Gasteiger partial charge on any atom is -0.507 e. The molecule has 1 aromatic carbocycles. The van der Waals surface area contributed by atoms with Gasteiger partial charge in [-0.15, -0.1) is 0 Å². The molecule has 182 valence electrons. The zero-order chi connectivity index (χ0) is 25.0. The fraction of sp³-hybridized carbons (Fsp3) is 0.435. The average molecular weight is 525 g/mol. The van der Waals surface area contributed by atoms with Gasteiger partial charge < -0.3 is 31.1 Å². The van der Waals surface area contributed by atoms with Gasteiger partial charge in [-0.25, -0.2) is 4.79 Å². The number of unbranched alkanes of at least 4 members (excludes halogenated alkanes) is 2. The van der Waals surface area contributed by atoms with Crippen LogP contribution in [0, 0.1) is 0 Å². The van der Waals surface area contributed by atoms with Crippen molar-refractivity contribution in [2.24, 2.45) is 0 Å². The normalized spacial score (nSPS) is 11.7. The van der Waals surface area contributed by atoms with Crippen LogP contribution in [0.3, 0.4) is 0 Å². The maximum Gasteiger partial charge on any atom is 0.407 e. The van der Waals surface area contributed by atoms with E-state index in [4.69, 9.17) is 4.74 Å². The van der Waals surface area contributed by atoms with Crippen LogP contribution in [-0.2, 0) is 9.53 Å². The van der Waals surface area contributed by atoms with E-state index in [1.54, 1.807) is 40.0 Å². The van der Waals surface area contributed by atoms with E-state index in [2.05, 4.69) is 43.8 Å². The Morgan fingerprint density at radius 1 is 1.06 bits per heavy atom. The van der Waals surface area contributed by atoms with E-state index in [9.17, 15) is 19.5 Å². The molecule has 10 heteroatoms. The number of carbonyl (C=O) groups excluding carboxylic acids is 3. The summed E-state index contributed by atoms with van der Waals surface area (Å²) >= 11 is 3.29. The number of phenols is 1. The molecule has 5 N–H and O–H groups in total. The van der Waals surface area contributed by atoms with E-state index in [-0.39, 0.29) is 27.2 Å². The van der Waals surface area contributed by atoms with Crippen molar-refractivity contribution >= 4 is 33.8 Å². The Kier molecular flexibility index (Phi) is 11.5. The number of para-hydroxylation sites is 1. The molecule has 0 aliphatic heterocycles. The standard InChI is InChI=1S/C23H33BrN4O5/c1-15(18(24)19(25-5)28-21(31)16-11-7-8-12-17(16)29)20(30)26-13-9-6-10-14-27-22(32)33-23(2,3)4/h7-8,11-12,25,29H,1,6,9-10,13-14H2,2-5H3,(H,26,30)(H,27,32)(H,28,31)/b19-18-. The third-order valence-corrected chi connectivity index (χ3v) is 5.08. The second kappa shape index (κ2) is 13.5. The summed E-state index contributed by atoms with van der Waals surface area (Å²) in [6, 6.07) is 6.14. The molecule has 9 nitrogen and oxygen atoms in total. The van der Waals surface area contributed by atoms with Crippen LogP contribution in [0.2, 0.25) is 0 Å². The predicted octanol–water partition coefficient (Wildman–Crippen LogP) is 3.27. The molecule has 0 aromatic heterocycles. The smallest absolute Gasteiger partial charge is 0.407 e. The summed E-state index contributed by atoms with van der Waals surface area (Å²) in [5.41, 5.74) is -0.302. The molecule has 1 aromatic rings. The van der Waals surface area contributed by atoms with Gasteiger partial charge in [-0.2, -0.15) is 0 Å². The minimum atomic E-state index is -0.539. The van der Waals surface area contributed by atoms with Gasteiger partial charge in [0, 0.05) is 25.7 Å². The number of carbonyl (C=O) groups is 3. The van der Waals surface area contributed by atoms with Crippen molar-refractivity contribution in [1.29, 1.82) is 0 Å². The lowest BCUT2D eigenvalue weighted by molar-refractivity contribution is -0.117. The minimum absolute atomic E-state index is 0.0989. The van der Waals surface area contributed by atoms with Crippen molar-refractivity contribution in [3.8, 4) is 5.75 Å². The number of hydrogen-bond donors (Lipinski definition) is 5. The Bertz CT molecular complexity index is 893. The molecule has 0 unspecified atom stereocenters. The summed E-state index contributed by atoms with van der Waals surface area (Å²) in [4.78, 5) is 36.4. The monoisotopic (exact) mass is 524 g/mol. The highest BCUT2D eigenvalue weighted by molar-refractivity contribution is 9.12. The Morgan fingerprint density at radius 2 is 1.67 bits per heavy atom. The fourth-order valence-corrected chi connectivity index (χ4v) is 3.04. The molecule has 0 saturated heterocycles. The Morgan fingerprint density at radius 3 is 2.24 bits per heavy atom. The van der Waals surface area contributed by atoms with Crippen molar-refractivity contribution in [3.05, 3.63) is 52.3 Å². The molecular formula is C23H33BrN4O5. The van der Waals surface area contributed by atoms with Gasteiger partial charge in [0.25, 0.3) is 11.8 Å². The van der Waals surface area contributed by atoms with Gasteiger partial charge in [0.1, 0.15) is 17.2 Å². The second-order valence-corrected chi connectivity index (χ2v) is 8.93. The van der Waals surface area contributed by atoms with Crippen LogP contribution in [0.15, 0.2) is 46.7 Å². The lowest BCUT2D eigenvalue weighted by Gasteiger charge is -2.19. The SMILES string of the molecule is C=C(C(=O)NCCCCCNC(=O)OC(C)(C)C)/C(Br)=C(\NC)NC(=O)c1ccccc1O. The lowest BCUT2D eigenvalue weighted by atomic mass is 10.2. The van der Waals surface area contributed by atoms with Crippen LogP contribution in [-0.4, -0.2) is 48.8 Å². The summed E-state index contributed by atoms with van der Waals surface area (Å²) in [6.07, 6.45) is 1.83. The van der Waals surface area contributed by atoms with Gasteiger partial charge in [0.05, 0.1) is 10.0 Å². The molecule has 1 rings (SSSR count). The zero-order valence-electron chi connectivity index (χ0n) is 19.5. The Balaban J connectivity index is 2.45. The first-order valence-electron chi connectivity index (χ1n) is 10.6. The summed E-state index contributed by atoms with van der Waals surface area (Å²) in [7, 11) is 1.58. The number of halogens is 1. The third-order valence-electron chi connectivity index (χ3n) is 4.20. The van der Waals surface area contributed by atoms with Crippen molar-refractivity contribution < 1.29 is 24.2 Å². The van der Waals surface area contributed by atoms with Crippen LogP contribution >= 0.6 is 15.9 Å². The molecule has 0 atom stereocenters. The maximum atomic E-state index is 12.4. The largest absolute Gasteiger partial charge is 0.507 e. The van der Waals surface area contributed by atoms with Crippen molar-refractivity contribution in [3.63, 3.8) is 0 Å². The first kappa shape index (κ1) is 28.0. The van der Waals surface area contributed by atoms with Crippen molar-refractivity contribution in [1.82, 2.24) is 21.3 Å². The first-order chi connectivity index (χ1) is 15.5. The molecule has 33 heavy (non-hydrogen) atoms. The number of alkyl carbamates (subject to hydrolysis) is 1. The highest BCUT2D eigenvalue weighted by Crippen LogP contribution is 2.20. The molecule has 0 fully saturated rings. The third kappa shape index (κ3) is 10.4. The number of rotatable bonds is 11. The predicted molar refractivity (Wildman–Crippen MR) is 131 cm³/mol. The van der Waals surface area contributed by atoms with Gasteiger partial charge in [-0.1, -0.05) is 18.7 Å². The van der Waals surface area contributed by atoms with Crippen LogP contribution in [0.5, 0.6) is 5.75 Å². The molecule has 0 radical (unpaired) electrons. The molecule has 0 saturated carbocycles. The van der Waals surface area contributed by atoms with E-state index in [0.29, 0.717) is 13.1 Å². The van der Waals surface area contributed by atoms with Crippen LogP contribution in [0.1, 0.15) is 50.4 Å². The van der Waals surface area contributed by atoms with Crippen LogP contribution < -0.4 is 21.3 Å². The van der Waals surface area contributed by atoms with Crippen molar-refractivity contribution in [2.75, 3.05) is 20.1 Å². The molecule has 0 heterocycles. The first-order valence-corrected chi connectivity index (χ1v) is 11.4. The molecule has 0 aliphatic carbocycles. The molecule has 0 aliphatic rings. The van der Waals surface area contributed by atoms with Gasteiger partial charge in [-0.3, -0.25) is 9.59 Å². The number of benzene rings is 1. The van der Waals surface area contributed by atoms with E-state index in [1.807, 2.05) is 0 Å². The van der Waals surface area contributed by atoms with Crippen molar-refractivity contribution in [2.45, 2.75) is 45.6 Å². The molecular weight excluding hydrogens is 492 g/mol. The fourth-order valence-electron chi connectivity index (χ4n) is 2.56. The number of phenolic OH excluding ortho intramolecular Hbond substituents is 1. The van der Waals surface area contributed by atoms with Gasteiger partial charge >= 0.3 is 6.09 Å². The highest BCUT2D eigenvalue weighted by atomic mass is 79.9. The summed E-state index contributed by atoms with van der Waals surface area (Å²) in [6.45, 7) is 10.1. The van der Waals surface area contributed by atoms with Gasteiger partial charge in [0.15, 0.2) is 0 Å². The Hall–Kier alpha value is -3.01. The summed E-state index contributed by atoms with van der Waals surface area (Å²) in [5.74, 6) is -0.850. The van der Waals surface area contributed by atoms with E-state index >= 15 is 0 Å². The number of aromatic hydroxyl groups is 1.